The molecule has 1 aromatic rings. The largest absolute Gasteiger partial charge is 0.454 e. The first-order valence-electron chi connectivity index (χ1n) is 9.33. The third-order valence-corrected chi connectivity index (χ3v) is 4.81. The molecule has 0 bridgehead atoms. The molecule has 1 fully saturated rings. The minimum absolute atomic E-state index is 0.0900. The Morgan fingerprint density at radius 2 is 2.08 bits per heavy atom. The lowest BCUT2D eigenvalue weighted by Gasteiger charge is -2.30. The second-order valence-electron chi connectivity index (χ2n) is 7.02. The number of fused-ring (bicyclic) bond motifs is 1. The van der Waals surface area contributed by atoms with E-state index in [1.54, 1.807) is 0 Å². The molecule has 6 heteroatoms. The van der Waals surface area contributed by atoms with Gasteiger partial charge in [0.2, 0.25) is 6.79 Å². The highest BCUT2D eigenvalue weighted by Gasteiger charge is 2.15. The molecule has 0 aliphatic carbocycles. The van der Waals surface area contributed by atoms with Crippen LogP contribution in [-0.2, 0) is 6.42 Å². The second kappa shape index (κ2) is 8.94. The SMILES string of the molecule is CC1CCCN(CCCNC(=O)NCCc2ccc3c(c2)OCO3)C1. The molecule has 0 radical (unpaired) electrons. The molecular formula is C19H29N3O3. The van der Waals surface area contributed by atoms with Crippen LogP contribution in [0.2, 0.25) is 0 Å². The molecule has 2 heterocycles. The third-order valence-electron chi connectivity index (χ3n) is 4.81. The molecule has 25 heavy (non-hydrogen) atoms. The van der Waals surface area contributed by atoms with Gasteiger partial charge in [-0.1, -0.05) is 13.0 Å². The van der Waals surface area contributed by atoms with Gasteiger partial charge in [-0.2, -0.15) is 0 Å². The highest BCUT2D eigenvalue weighted by atomic mass is 16.7. The van der Waals surface area contributed by atoms with E-state index in [9.17, 15) is 4.79 Å². The predicted octanol–water partition coefficient (Wildman–Crippen LogP) is 2.38. The van der Waals surface area contributed by atoms with Gasteiger partial charge < -0.3 is 25.0 Å². The lowest BCUT2D eigenvalue weighted by atomic mass is 10.0. The van der Waals surface area contributed by atoms with Crippen molar-refractivity contribution in [2.24, 2.45) is 5.92 Å². The molecule has 6 nitrogen and oxygen atoms in total. The number of rotatable bonds is 7. The van der Waals surface area contributed by atoms with Gasteiger partial charge in [-0.05, 0) is 62.4 Å². The summed E-state index contributed by atoms with van der Waals surface area (Å²) in [4.78, 5) is 14.4. The topological polar surface area (TPSA) is 62.8 Å². The van der Waals surface area contributed by atoms with Gasteiger partial charge in [0.15, 0.2) is 11.5 Å². The number of hydrogen-bond donors (Lipinski definition) is 2. The predicted molar refractivity (Wildman–Crippen MR) is 97.1 cm³/mol. The van der Waals surface area contributed by atoms with E-state index in [-0.39, 0.29) is 12.8 Å². The summed E-state index contributed by atoms with van der Waals surface area (Å²) in [5, 5.41) is 5.85. The Labute approximate surface area is 149 Å². The highest BCUT2D eigenvalue weighted by molar-refractivity contribution is 5.73. The average Bonchev–Trinajstić information content (AvgIpc) is 3.07. The Hall–Kier alpha value is -1.95. The first-order valence-corrected chi connectivity index (χ1v) is 9.33. The minimum atomic E-state index is -0.0900. The molecule has 2 aliphatic rings. The zero-order valence-electron chi connectivity index (χ0n) is 15.1. The number of carbonyl (C=O) groups excluding carboxylic acids is 1. The standard InChI is InChI=1S/C19H29N3O3/c1-15-4-2-10-22(13-15)11-3-8-20-19(23)21-9-7-16-5-6-17-18(12-16)25-14-24-17/h5-6,12,15H,2-4,7-11,13-14H2,1H3,(H2,20,21,23). The van der Waals surface area contributed by atoms with Crippen molar-refractivity contribution in [3.05, 3.63) is 23.8 Å². The number of nitrogens with zero attached hydrogens (tertiary/aromatic N) is 1. The third kappa shape index (κ3) is 5.53. The summed E-state index contributed by atoms with van der Waals surface area (Å²) >= 11 is 0. The molecule has 2 amide bonds. The molecule has 0 aromatic heterocycles. The van der Waals surface area contributed by atoms with E-state index in [4.69, 9.17) is 9.47 Å². The zero-order chi connectivity index (χ0) is 17.5. The van der Waals surface area contributed by atoms with Crippen molar-refractivity contribution in [2.75, 3.05) is 39.5 Å². The van der Waals surface area contributed by atoms with Crippen LogP contribution in [0.4, 0.5) is 4.79 Å². The Kier molecular flexibility index (Phi) is 6.39. The fraction of sp³-hybridized carbons (Fsp3) is 0.632. The van der Waals surface area contributed by atoms with Gasteiger partial charge in [-0.25, -0.2) is 4.79 Å². The summed E-state index contributed by atoms with van der Waals surface area (Å²) in [5.41, 5.74) is 1.13. The van der Waals surface area contributed by atoms with Gasteiger partial charge in [0.1, 0.15) is 0 Å². The van der Waals surface area contributed by atoms with Crippen LogP contribution < -0.4 is 20.1 Å². The van der Waals surface area contributed by atoms with E-state index in [0.717, 1.165) is 48.9 Å². The molecule has 2 N–H and O–H groups in total. The monoisotopic (exact) mass is 347 g/mol. The van der Waals surface area contributed by atoms with Crippen LogP contribution in [0.1, 0.15) is 31.7 Å². The number of likely N-dealkylation sites (tertiary alicyclic amines) is 1. The van der Waals surface area contributed by atoms with Gasteiger partial charge in [-0.15, -0.1) is 0 Å². The molecule has 2 aliphatic heterocycles. The number of ether oxygens (including phenoxy) is 2. The van der Waals surface area contributed by atoms with E-state index in [1.165, 1.54) is 25.9 Å². The summed E-state index contributed by atoms with van der Waals surface area (Å²) in [6.07, 6.45) is 4.42. The maximum Gasteiger partial charge on any atom is 0.314 e. The number of piperidine rings is 1. The number of amides is 2. The van der Waals surface area contributed by atoms with Crippen molar-refractivity contribution in [1.82, 2.24) is 15.5 Å². The summed E-state index contributed by atoms with van der Waals surface area (Å²) in [7, 11) is 0. The Balaban J connectivity index is 1.26. The number of nitrogens with one attached hydrogen (secondary N) is 2. The Morgan fingerprint density at radius 3 is 2.96 bits per heavy atom. The fourth-order valence-corrected chi connectivity index (χ4v) is 3.47. The first-order chi connectivity index (χ1) is 12.2. The molecule has 1 saturated heterocycles. The van der Waals surface area contributed by atoms with Gasteiger partial charge in [-0.3, -0.25) is 0 Å². The summed E-state index contributed by atoms with van der Waals surface area (Å²) in [5.74, 6) is 2.38. The lowest BCUT2D eigenvalue weighted by molar-refractivity contribution is 0.174. The first kappa shape index (κ1) is 17.9. The molecule has 1 atom stereocenters. The van der Waals surface area contributed by atoms with Gasteiger partial charge >= 0.3 is 6.03 Å². The summed E-state index contributed by atoms with van der Waals surface area (Å²) in [6.45, 7) is 7.40. The van der Waals surface area contributed by atoms with Crippen LogP contribution in [0.5, 0.6) is 11.5 Å². The van der Waals surface area contributed by atoms with Crippen LogP contribution in [0, 0.1) is 5.92 Å². The number of urea groups is 1. The van der Waals surface area contributed by atoms with Crippen LogP contribution in [0.3, 0.4) is 0 Å². The van der Waals surface area contributed by atoms with Gasteiger partial charge in [0.05, 0.1) is 0 Å². The molecule has 138 valence electrons. The highest BCUT2D eigenvalue weighted by Crippen LogP contribution is 2.32. The average molecular weight is 347 g/mol. The quantitative estimate of drug-likeness (QED) is 0.744. The number of carbonyl (C=O) groups is 1. The maximum absolute atomic E-state index is 11.8. The second-order valence-corrected chi connectivity index (χ2v) is 7.02. The molecule has 1 unspecified atom stereocenters. The smallest absolute Gasteiger partial charge is 0.314 e. The normalized spacial score (nSPS) is 19.6. The zero-order valence-corrected chi connectivity index (χ0v) is 15.1. The van der Waals surface area contributed by atoms with Crippen molar-refractivity contribution in [1.29, 1.82) is 0 Å². The molecule has 1 aromatic carbocycles. The van der Waals surface area contributed by atoms with E-state index >= 15 is 0 Å². The van der Waals surface area contributed by atoms with Gasteiger partial charge in [0.25, 0.3) is 0 Å². The molecule has 3 rings (SSSR count). The minimum Gasteiger partial charge on any atom is -0.454 e. The molecule has 0 spiro atoms. The Bertz CT molecular complexity index is 579. The Morgan fingerprint density at radius 1 is 1.24 bits per heavy atom. The van der Waals surface area contributed by atoms with Crippen molar-refractivity contribution < 1.29 is 14.3 Å². The van der Waals surface area contributed by atoms with Crippen LogP contribution in [0.25, 0.3) is 0 Å². The van der Waals surface area contributed by atoms with E-state index in [2.05, 4.69) is 22.5 Å². The van der Waals surface area contributed by atoms with Crippen LogP contribution in [-0.4, -0.2) is 50.4 Å². The maximum atomic E-state index is 11.8. The fourth-order valence-electron chi connectivity index (χ4n) is 3.47. The van der Waals surface area contributed by atoms with Crippen LogP contribution >= 0.6 is 0 Å². The van der Waals surface area contributed by atoms with E-state index in [1.807, 2.05) is 18.2 Å². The lowest BCUT2D eigenvalue weighted by Crippen LogP contribution is -2.39. The van der Waals surface area contributed by atoms with Crippen molar-refractivity contribution >= 4 is 6.03 Å². The van der Waals surface area contributed by atoms with E-state index < -0.39 is 0 Å². The van der Waals surface area contributed by atoms with E-state index in [0.29, 0.717) is 6.54 Å². The molecular weight excluding hydrogens is 318 g/mol. The number of hydrogen-bond acceptors (Lipinski definition) is 4. The summed E-state index contributed by atoms with van der Waals surface area (Å²) < 4.78 is 10.7. The van der Waals surface area contributed by atoms with Crippen molar-refractivity contribution in [2.45, 2.75) is 32.6 Å². The molecule has 0 saturated carbocycles. The van der Waals surface area contributed by atoms with Crippen LogP contribution in [0.15, 0.2) is 18.2 Å². The number of benzene rings is 1. The summed E-state index contributed by atoms with van der Waals surface area (Å²) in [6, 6.07) is 5.81. The van der Waals surface area contributed by atoms with Gasteiger partial charge in [0, 0.05) is 19.6 Å². The van der Waals surface area contributed by atoms with Crippen molar-refractivity contribution in [3.63, 3.8) is 0 Å². The van der Waals surface area contributed by atoms with Crippen molar-refractivity contribution in [3.8, 4) is 11.5 Å².